The minimum absolute atomic E-state index is 0.158. The lowest BCUT2D eigenvalue weighted by Gasteiger charge is -2.13. The molecule has 1 unspecified atom stereocenters. The molecule has 0 aromatic heterocycles. The monoisotopic (exact) mass is 384 g/mol. The highest BCUT2D eigenvalue weighted by molar-refractivity contribution is 9.10. The molecule has 0 saturated heterocycles. The number of nitrogens with one attached hydrogen (secondary N) is 1. The number of esters is 1. The van der Waals surface area contributed by atoms with E-state index in [9.17, 15) is 9.59 Å². The third-order valence-corrected chi connectivity index (χ3v) is 3.55. The van der Waals surface area contributed by atoms with Crippen LogP contribution in [0.25, 0.3) is 0 Å². The average Bonchev–Trinajstić information content (AvgIpc) is 2.53. The fraction of sp³-hybridized carbons (Fsp3) is 0.438. The summed E-state index contributed by atoms with van der Waals surface area (Å²) < 4.78 is 11.2. The number of rotatable bonds is 8. The molecule has 23 heavy (non-hydrogen) atoms. The van der Waals surface area contributed by atoms with Crippen LogP contribution in [0.15, 0.2) is 33.8 Å². The van der Waals surface area contributed by atoms with E-state index in [0.717, 1.165) is 4.47 Å². The number of nitrogens with zero attached hydrogens (tertiary/aromatic N) is 1. The smallest absolute Gasteiger partial charge is 0.314 e. The van der Waals surface area contributed by atoms with Crippen LogP contribution in [0.4, 0.5) is 0 Å². The normalized spacial score (nSPS) is 12.4. The van der Waals surface area contributed by atoms with Crippen molar-refractivity contribution in [2.45, 2.75) is 27.2 Å². The second-order valence-corrected chi connectivity index (χ2v) is 5.66. The summed E-state index contributed by atoms with van der Waals surface area (Å²) in [5, 5.41) is 3.95. The first kappa shape index (κ1) is 19.2. The Balaban J connectivity index is 2.49. The Hall–Kier alpha value is -1.89. The highest BCUT2D eigenvalue weighted by atomic mass is 79.9. The van der Waals surface area contributed by atoms with Crippen LogP contribution >= 0.6 is 15.9 Å². The summed E-state index contributed by atoms with van der Waals surface area (Å²) in [4.78, 5) is 23.5. The van der Waals surface area contributed by atoms with Gasteiger partial charge in [0.2, 0.25) is 0 Å². The maximum Gasteiger partial charge on any atom is 0.314 e. The number of benzene rings is 1. The van der Waals surface area contributed by atoms with Gasteiger partial charge in [-0.25, -0.2) is 5.43 Å². The van der Waals surface area contributed by atoms with Crippen LogP contribution in [0.3, 0.4) is 0 Å². The van der Waals surface area contributed by atoms with Crippen molar-refractivity contribution in [1.82, 2.24) is 5.43 Å². The molecule has 0 saturated carbocycles. The number of amides is 1. The predicted octanol–water partition coefficient (Wildman–Crippen LogP) is 2.91. The molecule has 0 spiro atoms. The molecular formula is C16H21BrN2O4. The van der Waals surface area contributed by atoms with Crippen LogP contribution < -0.4 is 10.2 Å². The molecule has 1 atom stereocenters. The van der Waals surface area contributed by atoms with Crippen molar-refractivity contribution < 1.29 is 19.1 Å². The molecule has 0 aliphatic heterocycles. The van der Waals surface area contributed by atoms with Gasteiger partial charge in [0.25, 0.3) is 5.91 Å². The highest BCUT2D eigenvalue weighted by Gasteiger charge is 2.21. The van der Waals surface area contributed by atoms with Crippen LogP contribution in [0.5, 0.6) is 5.75 Å². The topological polar surface area (TPSA) is 77.0 Å². The first-order valence-electron chi connectivity index (χ1n) is 7.35. The van der Waals surface area contributed by atoms with E-state index in [1.54, 1.807) is 26.0 Å². The Morgan fingerprint density at radius 3 is 2.48 bits per heavy atom. The summed E-state index contributed by atoms with van der Waals surface area (Å²) in [6, 6.07) is 7.14. The number of halogens is 1. The van der Waals surface area contributed by atoms with Gasteiger partial charge in [0.05, 0.1) is 12.5 Å². The van der Waals surface area contributed by atoms with Gasteiger partial charge in [0, 0.05) is 10.2 Å². The molecular weight excluding hydrogens is 364 g/mol. The molecule has 1 aromatic carbocycles. The Labute approximate surface area is 144 Å². The van der Waals surface area contributed by atoms with Crippen molar-refractivity contribution in [2.24, 2.45) is 11.0 Å². The molecule has 0 aliphatic carbocycles. The van der Waals surface area contributed by atoms with Gasteiger partial charge >= 0.3 is 5.97 Å². The lowest BCUT2D eigenvalue weighted by molar-refractivity contribution is -0.145. The van der Waals surface area contributed by atoms with Crippen LogP contribution in [0, 0.1) is 5.92 Å². The quantitative estimate of drug-likeness (QED) is 0.424. The molecule has 126 valence electrons. The minimum Gasteiger partial charge on any atom is -0.484 e. The van der Waals surface area contributed by atoms with Crippen molar-refractivity contribution in [1.29, 1.82) is 0 Å². The van der Waals surface area contributed by atoms with Crippen molar-refractivity contribution in [2.75, 3.05) is 13.2 Å². The van der Waals surface area contributed by atoms with Crippen molar-refractivity contribution >= 4 is 33.5 Å². The van der Waals surface area contributed by atoms with Gasteiger partial charge in [-0.15, -0.1) is 0 Å². The molecule has 0 heterocycles. The van der Waals surface area contributed by atoms with E-state index < -0.39 is 11.8 Å². The second-order valence-electron chi connectivity index (χ2n) is 4.74. The fourth-order valence-electron chi connectivity index (χ4n) is 1.82. The van der Waals surface area contributed by atoms with Crippen molar-refractivity contribution in [3.05, 3.63) is 28.7 Å². The Bertz CT molecular complexity index is 558. The number of hydrogen-bond acceptors (Lipinski definition) is 5. The van der Waals surface area contributed by atoms with Crippen LogP contribution in [0.1, 0.15) is 27.2 Å². The summed E-state index contributed by atoms with van der Waals surface area (Å²) in [5.41, 5.74) is 2.89. The molecule has 1 N–H and O–H groups in total. The number of hydrogen-bond donors (Lipinski definition) is 1. The SMILES string of the molecule is CCOC(=O)C(CC)/C(C)=N\NC(=O)COc1ccc(Br)cc1. The second kappa shape index (κ2) is 9.99. The predicted molar refractivity (Wildman–Crippen MR) is 91.3 cm³/mol. The maximum atomic E-state index is 11.8. The summed E-state index contributed by atoms with van der Waals surface area (Å²) in [7, 11) is 0. The zero-order valence-electron chi connectivity index (χ0n) is 13.5. The van der Waals surface area contributed by atoms with Gasteiger partial charge < -0.3 is 9.47 Å². The third kappa shape index (κ3) is 6.81. The summed E-state index contributed by atoms with van der Waals surface area (Å²) >= 11 is 3.32. The molecule has 1 rings (SSSR count). The molecule has 1 amide bonds. The van der Waals surface area contributed by atoms with Gasteiger partial charge in [0.1, 0.15) is 5.75 Å². The van der Waals surface area contributed by atoms with E-state index in [1.165, 1.54) is 0 Å². The summed E-state index contributed by atoms with van der Waals surface area (Å²) in [6.45, 7) is 5.45. The number of carbonyl (C=O) groups is 2. The van der Waals surface area contributed by atoms with E-state index in [-0.39, 0.29) is 12.6 Å². The van der Waals surface area contributed by atoms with Crippen LogP contribution in [0.2, 0.25) is 0 Å². The largest absolute Gasteiger partial charge is 0.484 e. The molecule has 0 bridgehead atoms. The van der Waals surface area contributed by atoms with Gasteiger partial charge in [-0.1, -0.05) is 22.9 Å². The average molecular weight is 385 g/mol. The van der Waals surface area contributed by atoms with Crippen molar-refractivity contribution in [3.63, 3.8) is 0 Å². The standard InChI is InChI=1S/C16H21BrN2O4/c1-4-14(16(21)22-5-2)11(3)18-19-15(20)10-23-13-8-6-12(17)7-9-13/h6-9,14H,4-5,10H2,1-3H3,(H,19,20)/b18-11-. The Kier molecular flexibility index (Phi) is 8.32. The van der Waals surface area contributed by atoms with Crippen molar-refractivity contribution in [3.8, 4) is 5.75 Å². The summed E-state index contributed by atoms with van der Waals surface area (Å²) in [6.07, 6.45) is 0.555. The van der Waals surface area contributed by atoms with E-state index >= 15 is 0 Å². The molecule has 6 nitrogen and oxygen atoms in total. The lowest BCUT2D eigenvalue weighted by atomic mass is 10.0. The zero-order valence-corrected chi connectivity index (χ0v) is 15.1. The van der Waals surface area contributed by atoms with E-state index in [1.807, 2.05) is 19.1 Å². The van der Waals surface area contributed by atoms with E-state index in [4.69, 9.17) is 9.47 Å². The van der Waals surface area contributed by atoms with Gasteiger partial charge in [-0.3, -0.25) is 9.59 Å². The Morgan fingerprint density at radius 1 is 1.26 bits per heavy atom. The lowest BCUT2D eigenvalue weighted by Crippen LogP contribution is -2.29. The van der Waals surface area contributed by atoms with E-state index in [0.29, 0.717) is 24.5 Å². The third-order valence-electron chi connectivity index (χ3n) is 3.02. The molecule has 0 aliphatic rings. The summed E-state index contributed by atoms with van der Waals surface area (Å²) in [5.74, 6) is -0.604. The zero-order chi connectivity index (χ0) is 17.2. The van der Waals surface area contributed by atoms with E-state index in [2.05, 4.69) is 26.5 Å². The van der Waals surface area contributed by atoms with Crippen LogP contribution in [-0.2, 0) is 14.3 Å². The fourth-order valence-corrected chi connectivity index (χ4v) is 2.08. The number of carbonyl (C=O) groups excluding carboxylic acids is 2. The van der Waals surface area contributed by atoms with Gasteiger partial charge in [-0.05, 0) is 44.5 Å². The molecule has 7 heteroatoms. The number of ether oxygens (including phenoxy) is 2. The Morgan fingerprint density at radius 2 is 1.91 bits per heavy atom. The van der Waals surface area contributed by atoms with Gasteiger partial charge in [0.15, 0.2) is 6.61 Å². The maximum absolute atomic E-state index is 11.8. The molecule has 0 radical (unpaired) electrons. The van der Waals surface area contributed by atoms with Gasteiger partial charge in [-0.2, -0.15) is 5.10 Å². The van der Waals surface area contributed by atoms with Crippen LogP contribution in [-0.4, -0.2) is 30.8 Å². The molecule has 0 fully saturated rings. The highest BCUT2D eigenvalue weighted by Crippen LogP contribution is 2.15. The molecule has 1 aromatic rings. The first-order valence-corrected chi connectivity index (χ1v) is 8.15. The number of hydrazone groups is 1. The minimum atomic E-state index is -0.456. The first-order chi connectivity index (χ1) is 11.0.